The molecule has 0 fully saturated rings. The van der Waals surface area contributed by atoms with Crippen molar-refractivity contribution >= 4 is 17.0 Å². The molecule has 0 unspecified atom stereocenters. The van der Waals surface area contributed by atoms with Crippen molar-refractivity contribution in [1.29, 1.82) is 0 Å². The van der Waals surface area contributed by atoms with Crippen LogP contribution in [-0.4, -0.2) is 31.8 Å². The maximum Gasteiger partial charge on any atom is 0.407 e. The van der Waals surface area contributed by atoms with E-state index in [1.807, 2.05) is 60.1 Å². The van der Waals surface area contributed by atoms with Crippen LogP contribution in [0, 0.1) is 0 Å². The average molecular weight is 429 g/mol. The zero-order valence-corrected chi connectivity index (χ0v) is 17.7. The number of fused-ring (bicyclic) bond motifs is 3. The summed E-state index contributed by atoms with van der Waals surface area (Å²) in [5.74, 6) is 0.530. The molecule has 1 N–H and O–H groups in total. The van der Waals surface area contributed by atoms with Gasteiger partial charge in [-0.1, -0.05) is 30.3 Å². The van der Waals surface area contributed by atoms with Gasteiger partial charge in [0, 0.05) is 48.1 Å². The number of rotatable bonds is 4. The van der Waals surface area contributed by atoms with Gasteiger partial charge in [0.1, 0.15) is 12.4 Å². The first kappa shape index (κ1) is 19.9. The average Bonchev–Trinajstić information content (AvgIpc) is 3.09. The SMILES string of the molecule is Cn1c2c(c3cc(-n4ccc(OCc5ccccc5)cc4=O)ccc31)CCN(C(=O)O)C2. The highest BCUT2D eigenvalue weighted by atomic mass is 16.5. The molecule has 0 spiro atoms. The molecule has 1 aliphatic rings. The van der Waals surface area contributed by atoms with E-state index >= 15 is 0 Å². The molecule has 2 aromatic heterocycles. The van der Waals surface area contributed by atoms with Gasteiger partial charge in [-0.25, -0.2) is 4.79 Å². The van der Waals surface area contributed by atoms with Crippen molar-refractivity contribution in [2.45, 2.75) is 19.6 Å². The van der Waals surface area contributed by atoms with Crippen LogP contribution in [0.4, 0.5) is 4.79 Å². The number of hydrogen-bond donors (Lipinski definition) is 1. The van der Waals surface area contributed by atoms with Crippen molar-refractivity contribution in [3.05, 3.63) is 94.0 Å². The third-order valence-electron chi connectivity index (χ3n) is 6.08. The van der Waals surface area contributed by atoms with E-state index in [0.29, 0.717) is 31.9 Å². The maximum atomic E-state index is 12.8. The number of carboxylic acid groups (broad SMARTS) is 1. The van der Waals surface area contributed by atoms with E-state index < -0.39 is 6.09 Å². The number of carbonyl (C=O) groups is 1. The van der Waals surface area contributed by atoms with Crippen molar-refractivity contribution < 1.29 is 14.6 Å². The molecule has 3 heterocycles. The molecule has 162 valence electrons. The molecule has 0 radical (unpaired) electrons. The zero-order valence-electron chi connectivity index (χ0n) is 17.7. The molecular formula is C25H23N3O4. The summed E-state index contributed by atoms with van der Waals surface area (Å²) < 4.78 is 9.42. The van der Waals surface area contributed by atoms with Gasteiger partial charge in [-0.3, -0.25) is 9.36 Å². The highest BCUT2D eigenvalue weighted by Crippen LogP contribution is 2.31. The first-order valence-electron chi connectivity index (χ1n) is 10.5. The standard InChI is InChI=1S/C25H23N3O4/c1-26-22-8-7-18(13-21(22)20-10-11-27(25(30)31)15-23(20)26)28-12-9-19(14-24(28)29)32-16-17-5-3-2-4-6-17/h2-9,12-14H,10-11,15-16H2,1H3,(H,30,31). The molecule has 2 aromatic carbocycles. The van der Waals surface area contributed by atoms with Crippen LogP contribution < -0.4 is 10.3 Å². The zero-order chi connectivity index (χ0) is 22.2. The number of ether oxygens (including phenoxy) is 1. The molecule has 5 rings (SSSR count). The van der Waals surface area contributed by atoms with E-state index in [4.69, 9.17) is 4.74 Å². The van der Waals surface area contributed by atoms with Crippen LogP contribution in [-0.2, 0) is 26.6 Å². The van der Waals surface area contributed by atoms with Gasteiger partial charge in [0.2, 0.25) is 0 Å². The van der Waals surface area contributed by atoms with Gasteiger partial charge in [0.05, 0.1) is 6.54 Å². The van der Waals surface area contributed by atoms with E-state index in [1.165, 1.54) is 11.0 Å². The second-order valence-corrected chi connectivity index (χ2v) is 7.98. The van der Waals surface area contributed by atoms with E-state index in [2.05, 4.69) is 0 Å². The van der Waals surface area contributed by atoms with Crippen LogP contribution in [0.25, 0.3) is 16.6 Å². The van der Waals surface area contributed by atoms with Gasteiger partial charge < -0.3 is 19.3 Å². The molecule has 7 heteroatoms. The lowest BCUT2D eigenvalue weighted by atomic mass is 10.0. The van der Waals surface area contributed by atoms with Crippen LogP contribution in [0.1, 0.15) is 16.8 Å². The minimum Gasteiger partial charge on any atom is -0.489 e. The lowest BCUT2D eigenvalue weighted by molar-refractivity contribution is 0.139. The van der Waals surface area contributed by atoms with Crippen LogP contribution in [0.3, 0.4) is 0 Å². The third kappa shape index (κ3) is 3.51. The molecule has 0 saturated heterocycles. The van der Waals surface area contributed by atoms with Gasteiger partial charge in [0.15, 0.2) is 0 Å². The van der Waals surface area contributed by atoms with Gasteiger partial charge >= 0.3 is 6.09 Å². The number of benzene rings is 2. The number of aryl methyl sites for hydroxylation is 1. The summed E-state index contributed by atoms with van der Waals surface area (Å²) in [7, 11) is 1.96. The van der Waals surface area contributed by atoms with Gasteiger partial charge in [-0.05, 0) is 41.8 Å². The minimum absolute atomic E-state index is 0.170. The molecule has 0 saturated carbocycles. The summed E-state index contributed by atoms with van der Waals surface area (Å²) in [6.07, 6.45) is 1.48. The van der Waals surface area contributed by atoms with Crippen molar-refractivity contribution in [2.75, 3.05) is 6.54 Å². The predicted molar refractivity (Wildman–Crippen MR) is 121 cm³/mol. The monoisotopic (exact) mass is 429 g/mol. The van der Waals surface area contributed by atoms with Crippen LogP contribution in [0.2, 0.25) is 0 Å². The molecule has 4 aromatic rings. The third-order valence-corrected chi connectivity index (χ3v) is 6.08. The van der Waals surface area contributed by atoms with Crippen LogP contribution >= 0.6 is 0 Å². The quantitative estimate of drug-likeness (QED) is 0.533. The summed E-state index contributed by atoms with van der Waals surface area (Å²) in [6.45, 7) is 1.25. The number of nitrogens with zero attached hydrogens (tertiary/aromatic N) is 3. The number of amides is 1. The number of pyridine rings is 1. The molecule has 1 amide bonds. The Morgan fingerprint density at radius 2 is 1.91 bits per heavy atom. The van der Waals surface area contributed by atoms with E-state index in [9.17, 15) is 14.7 Å². The van der Waals surface area contributed by atoms with Crippen molar-refractivity contribution in [3.63, 3.8) is 0 Å². The first-order chi connectivity index (χ1) is 15.5. The lowest BCUT2D eigenvalue weighted by Crippen LogP contribution is -2.35. The fourth-order valence-electron chi connectivity index (χ4n) is 4.37. The Morgan fingerprint density at radius 3 is 2.66 bits per heavy atom. The fraction of sp³-hybridized carbons (Fsp3) is 0.200. The minimum atomic E-state index is -0.900. The maximum absolute atomic E-state index is 12.8. The molecule has 0 bridgehead atoms. The van der Waals surface area contributed by atoms with Crippen molar-refractivity contribution in [2.24, 2.45) is 7.05 Å². The van der Waals surface area contributed by atoms with Crippen LogP contribution in [0.5, 0.6) is 5.75 Å². The second-order valence-electron chi connectivity index (χ2n) is 7.98. The Balaban J connectivity index is 1.45. The number of aromatic nitrogens is 2. The summed E-state index contributed by atoms with van der Waals surface area (Å²) in [4.78, 5) is 25.6. The van der Waals surface area contributed by atoms with E-state index in [-0.39, 0.29) is 5.56 Å². The second kappa shape index (κ2) is 7.92. The molecular weight excluding hydrogens is 406 g/mol. The molecule has 0 atom stereocenters. The molecule has 32 heavy (non-hydrogen) atoms. The van der Waals surface area contributed by atoms with Gasteiger partial charge in [0.25, 0.3) is 5.56 Å². The topological polar surface area (TPSA) is 76.7 Å². The van der Waals surface area contributed by atoms with E-state index in [0.717, 1.165) is 33.4 Å². The summed E-state index contributed by atoms with van der Waals surface area (Å²) in [6, 6.07) is 19.0. The summed E-state index contributed by atoms with van der Waals surface area (Å²) >= 11 is 0. The Hall–Kier alpha value is -4.00. The number of hydrogen-bond acceptors (Lipinski definition) is 3. The Labute approximate surface area is 184 Å². The Morgan fingerprint density at radius 1 is 1.09 bits per heavy atom. The van der Waals surface area contributed by atoms with Crippen molar-refractivity contribution in [3.8, 4) is 11.4 Å². The van der Waals surface area contributed by atoms with Crippen molar-refractivity contribution in [1.82, 2.24) is 14.0 Å². The Kier molecular flexibility index (Phi) is 4.93. The normalized spacial score (nSPS) is 13.2. The van der Waals surface area contributed by atoms with Gasteiger partial charge in [-0.2, -0.15) is 0 Å². The van der Waals surface area contributed by atoms with Crippen LogP contribution in [0.15, 0.2) is 71.7 Å². The molecule has 7 nitrogen and oxygen atoms in total. The molecule has 0 aliphatic carbocycles. The summed E-state index contributed by atoms with van der Waals surface area (Å²) in [5.41, 5.74) is 4.82. The Bertz CT molecular complexity index is 1370. The largest absolute Gasteiger partial charge is 0.489 e. The van der Waals surface area contributed by atoms with E-state index in [1.54, 1.807) is 16.8 Å². The highest BCUT2D eigenvalue weighted by molar-refractivity contribution is 5.88. The summed E-state index contributed by atoms with van der Waals surface area (Å²) in [5, 5.41) is 10.4. The smallest absolute Gasteiger partial charge is 0.407 e. The first-order valence-corrected chi connectivity index (χ1v) is 10.5. The highest BCUT2D eigenvalue weighted by Gasteiger charge is 2.25. The van der Waals surface area contributed by atoms with Gasteiger partial charge in [-0.15, -0.1) is 0 Å². The lowest BCUT2D eigenvalue weighted by Gasteiger charge is -2.25. The predicted octanol–water partition coefficient (Wildman–Crippen LogP) is 3.94. The molecule has 1 aliphatic heterocycles. The fourth-order valence-corrected chi connectivity index (χ4v) is 4.37.